The molecule has 0 aliphatic heterocycles. The van der Waals surface area contributed by atoms with Crippen LogP contribution in [0, 0.1) is 17.8 Å². The summed E-state index contributed by atoms with van der Waals surface area (Å²) in [7, 11) is 1.32. The van der Waals surface area contributed by atoms with E-state index < -0.39 is 23.7 Å². The number of hydrogen-bond donors (Lipinski definition) is 2. The molecule has 0 aromatic carbocycles. The van der Waals surface area contributed by atoms with Crippen LogP contribution < -0.4 is 5.32 Å². The third-order valence-corrected chi connectivity index (χ3v) is 4.13. The number of aliphatic hydroxyl groups excluding tert-OH is 1. The van der Waals surface area contributed by atoms with E-state index in [9.17, 15) is 14.7 Å². The van der Waals surface area contributed by atoms with Crippen molar-refractivity contribution < 1.29 is 24.2 Å². The molecule has 2 fully saturated rings. The molecule has 2 bridgehead atoms. The highest BCUT2D eigenvalue weighted by molar-refractivity contribution is 5.76. The van der Waals surface area contributed by atoms with E-state index in [0.29, 0.717) is 6.42 Å². The van der Waals surface area contributed by atoms with Gasteiger partial charge in [-0.3, -0.25) is 4.79 Å². The molecule has 5 atom stereocenters. The summed E-state index contributed by atoms with van der Waals surface area (Å²) in [4.78, 5) is 23.8. The summed E-state index contributed by atoms with van der Waals surface area (Å²) >= 11 is 0. The summed E-state index contributed by atoms with van der Waals surface area (Å²) in [5.41, 5.74) is -0.581. The first-order chi connectivity index (χ1) is 9.23. The van der Waals surface area contributed by atoms with E-state index in [1.165, 1.54) is 7.11 Å². The lowest BCUT2D eigenvalue weighted by Gasteiger charge is -2.33. The Balaban J connectivity index is 2.06. The zero-order valence-corrected chi connectivity index (χ0v) is 12.4. The monoisotopic (exact) mass is 285 g/mol. The molecule has 2 rings (SSSR count). The number of carbonyl (C=O) groups is 2. The van der Waals surface area contributed by atoms with Gasteiger partial charge in [-0.25, -0.2) is 4.79 Å². The Kier molecular flexibility index (Phi) is 3.95. The molecule has 0 aromatic rings. The minimum absolute atomic E-state index is 0.103. The van der Waals surface area contributed by atoms with E-state index in [0.717, 1.165) is 6.42 Å². The number of esters is 1. The average molecular weight is 285 g/mol. The standard InChI is InChI=1S/C14H23NO5/c1-14(2,3)20-13(18)15-11-7-5-8(9(16)6-7)10(11)12(17)19-4/h7-11,16H,5-6H2,1-4H3,(H,15,18)/t7-,8+,9?,10+,11-/m1/s1. The molecule has 1 amide bonds. The average Bonchev–Trinajstić information content (AvgIpc) is 2.82. The van der Waals surface area contributed by atoms with E-state index >= 15 is 0 Å². The summed E-state index contributed by atoms with van der Waals surface area (Å²) in [5, 5.41) is 12.7. The zero-order chi connectivity index (χ0) is 15.1. The Bertz CT molecular complexity index is 403. The van der Waals surface area contributed by atoms with E-state index in [4.69, 9.17) is 9.47 Å². The first kappa shape index (κ1) is 15.1. The van der Waals surface area contributed by atoms with Crippen LogP contribution in [0.2, 0.25) is 0 Å². The van der Waals surface area contributed by atoms with Gasteiger partial charge in [-0.05, 0) is 39.5 Å². The lowest BCUT2D eigenvalue weighted by atomic mass is 9.82. The predicted molar refractivity (Wildman–Crippen MR) is 70.9 cm³/mol. The van der Waals surface area contributed by atoms with Crippen molar-refractivity contribution in [3.05, 3.63) is 0 Å². The van der Waals surface area contributed by atoms with E-state index in [-0.39, 0.29) is 23.8 Å². The highest BCUT2D eigenvalue weighted by Crippen LogP contribution is 2.49. The van der Waals surface area contributed by atoms with E-state index in [2.05, 4.69) is 5.32 Å². The summed E-state index contributed by atoms with van der Waals surface area (Å²) in [6.45, 7) is 5.36. The van der Waals surface area contributed by atoms with Crippen LogP contribution in [0.3, 0.4) is 0 Å². The number of fused-ring (bicyclic) bond motifs is 2. The molecule has 0 radical (unpaired) electrons. The van der Waals surface area contributed by atoms with Crippen molar-refractivity contribution in [2.24, 2.45) is 17.8 Å². The Morgan fingerprint density at radius 2 is 1.90 bits per heavy atom. The van der Waals surface area contributed by atoms with Crippen LogP contribution in [-0.4, -0.2) is 42.0 Å². The van der Waals surface area contributed by atoms with E-state index in [1.807, 2.05) is 0 Å². The van der Waals surface area contributed by atoms with Gasteiger partial charge in [0.2, 0.25) is 0 Å². The topological polar surface area (TPSA) is 84.9 Å². The van der Waals surface area contributed by atoms with Crippen molar-refractivity contribution in [2.75, 3.05) is 7.11 Å². The fourth-order valence-electron chi connectivity index (χ4n) is 3.44. The van der Waals surface area contributed by atoms with Crippen molar-refractivity contribution in [1.82, 2.24) is 5.32 Å². The Morgan fingerprint density at radius 3 is 2.45 bits per heavy atom. The van der Waals surface area contributed by atoms with Gasteiger partial charge in [0.25, 0.3) is 0 Å². The molecule has 1 unspecified atom stereocenters. The number of ether oxygens (including phenoxy) is 2. The maximum absolute atomic E-state index is 11.9. The van der Waals surface area contributed by atoms with Crippen LogP contribution in [0.15, 0.2) is 0 Å². The Labute approximate surface area is 118 Å². The number of alkyl carbamates (subject to hydrolysis) is 1. The molecule has 2 N–H and O–H groups in total. The fourth-order valence-corrected chi connectivity index (χ4v) is 3.44. The highest BCUT2D eigenvalue weighted by atomic mass is 16.6. The predicted octanol–water partition coefficient (Wildman–Crippen LogP) is 1.07. The number of hydrogen-bond acceptors (Lipinski definition) is 5. The number of amides is 1. The lowest BCUT2D eigenvalue weighted by molar-refractivity contribution is -0.150. The smallest absolute Gasteiger partial charge is 0.407 e. The van der Waals surface area contributed by atoms with Crippen molar-refractivity contribution in [2.45, 2.75) is 51.4 Å². The summed E-state index contributed by atoms with van der Waals surface area (Å²) in [6, 6.07) is -0.314. The second-order valence-corrected chi connectivity index (χ2v) is 6.68. The van der Waals surface area contributed by atoms with Crippen LogP contribution in [-0.2, 0) is 14.3 Å². The largest absolute Gasteiger partial charge is 0.469 e. The molecule has 0 saturated heterocycles. The summed E-state index contributed by atoms with van der Waals surface area (Å²) in [5.74, 6) is -0.891. The fraction of sp³-hybridized carbons (Fsp3) is 0.857. The van der Waals surface area contributed by atoms with Gasteiger partial charge < -0.3 is 19.9 Å². The van der Waals surface area contributed by atoms with Crippen molar-refractivity contribution in [3.8, 4) is 0 Å². The minimum atomic E-state index is -0.581. The number of carbonyl (C=O) groups excluding carboxylic acids is 2. The van der Waals surface area contributed by atoms with Crippen LogP contribution in [0.25, 0.3) is 0 Å². The highest BCUT2D eigenvalue weighted by Gasteiger charge is 2.56. The van der Waals surface area contributed by atoms with Gasteiger partial charge >= 0.3 is 12.1 Å². The molecule has 114 valence electrons. The Hall–Kier alpha value is -1.30. The van der Waals surface area contributed by atoms with Crippen molar-refractivity contribution in [1.29, 1.82) is 0 Å². The van der Waals surface area contributed by atoms with Gasteiger partial charge in [-0.1, -0.05) is 0 Å². The third-order valence-electron chi connectivity index (χ3n) is 4.13. The number of rotatable bonds is 2. The van der Waals surface area contributed by atoms with Crippen molar-refractivity contribution in [3.63, 3.8) is 0 Å². The maximum atomic E-state index is 11.9. The lowest BCUT2D eigenvalue weighted by Crippen LogP contribution is -2.50. The molecule has 2 saturated carbocycles. The summed E-state index contributed by atoms with van der Waals surface area (Å²) < 4.78 is 10.0. The van der Waals surface area contributed by atoms with Crippen LogP contribution in [0.4, 0.5) is 4.79 Å². The molecule has 6 nitrogen and oxygen atoms in total. The second kappa shape index (κ2) is 5.24. The maximum Gasteiger partial charge on any atom is 0.407 e. The zero-order valence-electron chi connectivity index (χ0n) is 12.4. The van der Waals surface area contributed by atoms with E-state index in [1.54, 1.807) is 20.8 Å². The first-order valence-electron chi connectivity index (χ1n) is 6.98. The van der Waals surface area contributed by atoms with Crippen molar-refractivity contribution >= 4 is 12.1 Å². The number of methoxy groups -OCH3 is 1. The van der Waals surface area contributed by atoms with Gasteiger partial charge in [-0.15, -0.1) is 0 Å². The molecule has 20 heavy (non-hydrogen) atoms. The molecule has 0 spiro atoms. The minimum Gasteiger partial charge on any atom is -0.469 e. The molecule has 0 heterocycles. The van der Waals surface area contributed by atoms with Gasteiger partial charge in [0, 0.05) is 12.0 Å². The number of nitrogens with one attached hydrogen (secondary N) is 1. The molecule has 0 aromatic heterocycles. The normalized spacial score (nSPS) is 35.8. The Morgan fingerprint density at radius 1 is 1.25 bits per heavy atom. The SMILES string of the molecule is COC(=O)[C@@H]1[C@H](NC(=O)OC(C)(C)C)[C@H]2CC(O)[C@@H]1C2. The van der Waals surface area contributed by atoms with Crippen LogP contribution >= 0.6 is 0 Å². The number of aliphatic hydroxyl groups is 1. The summed E-state index contributed by atoms with van der Waals surface area (Å²) in [6.07, 6.45) is 0.333. The van der Waals surface area contributed by atoms with Gasteiger partial charge in [0.1, 0.15) is 5.60 Å². The van der Waals surface area contributed by atoms with Gasteiger partial charge in [-0.2, -0.15) is 0 Å². The third kappa shape index (κ3) is 2.90. The quantitative estimate of drug-likeness (QED) is 0.741. The van der Waals surface area contributed by atoms with Gasteiger partial charge in [0.05, 0.1) is 19.1 Å². The van der Waals surface area contributed by atoms with Crippen LogP contribution in [0.5, 0.6) is 0 Å². The molecular formula is C14H23NO5. The molecular weight excluding hydrogens is 262 g/mol. The molecule has 6 heteroatoms. The van der Waals surface area contributed by atoms with Gasteiger partial charge in [0.15, 0.2) is 0 Å². The first-order valence-corrected chi connectivity index (χ1v) is 6.98. The van der Waals surface area contributed by atoms with Crippen LogP contribution in [0.1, 0.15) is 33.6 Å². The molecule has 2 aliphatic rings. The molecule has 2 aliphatic carbocycles. The second-order valence-electron chi connectivity index (χ2n) is 6.68.